The van der Waals surface area contributed by atoms with Crippen molar-refractivity contribution in [3.63, 3.8) is 0 Å². The predicted molar refractivity (Wildman–Crippen MR) is 95.0 cm³/mol. The van der Waals surface area contributed by atoms with E-state index in [2.05, 4.69) is 28.9 Å². The van der Waals surface area contributed by atoms with Crippen molar-refractivity contribution >= 4 is 21.9 Å². The van der Waals surface area contributed by atoms with Crippen molar-refractivity contribution in [2.24, 2.45) is 0 Å². The quantitative estimate of drug-likeness (QED) is 0.211. The van der Waals surface area contributed by atoms with Gasteiger partial charge in [0, 0.05) is 28.8 Å². The van der Waals surface area contributed by atoms with Gasteiger partial charge in [0.15, 0.2) is 0 Å². The van der Waals surface area contributed by atoms with Gasteiger partial charge in [-0.15, -0.1) is 0 Å². The molecule has 0 amide bonds. The number of carboxylic acids is 1. The molecule has 0 aliphatic rings. The number of allylic oxidation sites excluding steroid dienone is 2. The number of carbonyl (C=O) groups is 1. The Morgan fingerprint density at radius 2 is 1.36 bits per heavy atom. The molecular weight excluding hydrogens is 436 g/mol. The number of unbranched alkanes of at least 4 members (excludes halogenated alkanes) is 10. The summed E-state index contributed by atoms with van der Waals surface area (Å²) in [7, 11) is 0. The van der Waals surface area contributed by atoms with E-state index in [0.29, 0.717) is 6.42 Å². The summed E-state index contributed by atoms with van der Waals surface area (Å²) in [6.07, 6.45) is 18.6. The fourth-order valence-electron chi connectivity index (χ4n) is 2.39. The number of carboxylic acid groups (broad SMARTS) is 1. The fraction of sp³-hybridized carbons (Fsp3) is 0.833. The largest absolute Gasteiger partial charge is 0.481 e. The summed E-state index contributed by atoms with van der Waals surface area (Å²) < 4.78 is 1.35. The minimum Gasteiger partial charge on any atom is -0.481 e. The number of aliphatic carboxylic acids is 1. The predicted octanol–water partition coefficient (Wildman–Crippen LogP) is 6.83. The summed E-state index contributed by atoms with van der Waals surface area (Å²) in [6, 6.07) is 0. The Balaban J connectivity index is 0. The van der Waals surface area contributed by atoms with Gasteiger partial charge in [-0.1, -0.05) is 80.3 Å². The Morgan fingerprint density at radius 1 is 0.864 bits per heavy atom. The molecule has 0 aromatic rings. The first kappa shape index (κ1) is 24.7. The zero-order valence-electron chi connectivity index (χ0n) is 14.0. The van der Waals surface area contributed by atoms with Crippen molar-refractivity contribution in [2.45, 2.75) is 96.8 Å². The Hall–Kier alpha value is 0.430. The van der Waals surface area contributed by atoms with Crippen LogP contribution in [0, 0.1) is 0 Å². The summed E-state index contributed by atoms with van der Waals surface area (Å²) in [6.45, 7) is 2.26. The van der Waals surface area contributed by atoms with Crippen LogP contribution in [0.2, 0.25) is 0 Å². The number of hydrogen-bond donors (Lipinski definition) is 1. The van der Waals surface area contributed by atoms with Gasteiger partial charge in [0.2, 0.25) is 0 Å². The zero-order valence-corrected chi connectivity index (χ0v) is 17.1. The average molecular weight is 469 g/mol. The Bertz CT molecular complexity index is 280. The standard InChI is InChI=1S/C18H33BrO2.Ag/c1-2-3-4-5-6-8-11-14-17(19)15-12-9-7-10-13-16-18(20)21;/h14H,2-13,15-16H2,1H3,(H,20,21);/b17-14+;. The summed E-state index contributed by atoms with van der Waals surface area (Å²) in [5, 5.41) is 8.54. The van der Waals surface area contributed by atoms with Gasteiger partial charge in [-0.05, 0) is 36.6 Å². The van der Waals surface area contributed by atoms with E-state index in [0.717, 1.165) is 25.7 Å². The van der Waals surface area contributed by atoms with Crippen molar-refractivity contribution < 1.29 is 32.3 Å². The number of halogens is 1. The van der Waals surface area contributed by atoms with Crippen LogP contribution in [0.4, 0.5) is 0 Å². The maximum Gasteiger partial charge on any atom is 0.303 e. The SMILES string of the molecule is CCCCCCCC/C=C(/Br)CCCCCCCC(=O)O.[Ag]. The first-order valence-electron chi connectivity index (χ1n) is 8.73. The molecule has 2 nitrogen and oxygen atoms in total. The van der Waals surface area contributed by atoms with Gasteiger partial charge in [-0.3, -0.25) is 4.79 Å². The van der Waals surface area contributed by atoms with Crippen LogP contribution in [0.25, 0.3) is 0 Å². The molecule has 0 atom stereocenters. The van der Waals surface area contributed by atoms with E-state index < -0.39 is 5.97 Å². The second kappa shape index (κ2) is 19.5. The van der Waals surface area contributed by atoms with Crippen molar-refractivity contribution in [3.05, 3.63) is 10.6 Å². The van der Waals surface area contributed by atoms with Gasteiger partial charge >= 0.3 is 5.97 Å². The molecule has 0 unspecified atom stereocenters. The summed E-state index contributed by atoms with van der Waals surface area (Å²) in [5.41, 5.74) is 0. The summed E-state index contributed by atoms with van der Waals surface area (Å²) >= 11 is 3.66. The van der Waals surface area contributed by atoms with Crippen LogP contribution in [0.3, 0.4) is 0 Å². The molecule has 22 heavy (non-hydrogen) atoms. The molecule has 0 saturated heterocycles. The normalized spacial score (nSPS) is 11.3. The van der Waals surface area contributed by atoms with E-state index in [1.165, 1.54) is 62.3 Å². The summed E-state index contributed by atoms with van der Waals surface area (Å²) in [4.78, 5) is 10.4. The molecule has 0 heterocycles. The molecule has 0 aromatic carbocycles. The molecular formula is C18H33AgBrO2. The molecule has 135 valence electrons. The van der Waals surface area contributed by atoms with Gasteiger partial charge in [0.05, 0.1) is 0 Å². The van der Waals surface area contributed by atoms with E-state index in [9.17, 15) is 4.79 Å². The zero-order chi connectivity index (χ0) is 15.8. The van der Waals surface area contributed by atoms with E-state index in [4.69, 9.17) is 5.11 Å². The maximum absolute atomic E-state index is 10.4. The van der Waals surface area contributed by atoms with Crippen LogP contribution in [0.15, 0.2) is 10.6 Å². The molecule has 0 bridgehead atoms. The van der Waals surface area contributed by atoms with Crippen LogP contribution < -0.4 is 0 Å². The fourth-order valence-corrected chi connectivity index (χ4v) is 2.90. The molecule has 1 radical (unpaired) electrons. The molecule has 0 aliphatic carbocycles. The van der Waals surface area contributed by atoms with Crippen molar-refractivity contribution in [1.29, 1.82) is 0 Å². The van der Waals surface area contributed by atoms with Gasteiger partial charge in [0.25, 0.3) is 0 Å². The Morgan fingerprint density at radius 3 is 1.95 bits per heavy atom. The second-order valence-electron chi connectivity index (χ2n) is 5.87. The maximum atomic E-state index is 10.4. The number of hydrogen-bond acceptors (Lipinski definition) is 1. The van der Waals surface area contributed by atoms with Crippen LogP contribution >= 0.6 is 15.9 Å². The van der Waals surface area contributed by atoms with Crippen LogP contribution in [-0.2, 0) is 27.2 Å². The van der Waals surface area contributed by atoms with E-state index in [1.54, 1.807) is 0 Å². The molecule has 0 aliphatic heterocycles. The second-order valence-corrected chi connectivity index (χ2v) is 6.89. The van der Waals surface area contributed by atoms with Crippen molar-refractivity contribution in [3.8, 4) is 0 Å². The Kier molecular flexibility index (Phi) is 21.8. The van der Waals surface area contributed by atoms with Crippen molar-refractivity contribution in [1.82, 2.24) is 0 Å². The van der Waals surface area contributed by atoms with Crippen LogP contribution in [-0.4, -0.2) is 11.1 Å². The summed E-state index contributed by atoms with van der Waals surface area (Å²) in [5.74, 6) is -0.671. The molecule has 1 N–H and O–H groups in total. The third-order valence-corrected chi connectivity index (χ3v) is 4.45. The molecule has 0 fully saturated rings. The first-order chi connectivity index (χ1) is 10.2. The molecule has 4 heteroatoms. The molecule has 0 rings (SSSR count). The van der Waals surface area contributed by atoms with Gasteiger partial charge in [0.1, 0.15) is 0 Å². The van der Waals surface area contributed by atoms with E-state index in [-0.39, 0.29) is 22.4 Å². The topological polar surface area (TPSA) is 37.3 Å². The minimum absolute atomic E-state index is 0. The molecule has 0 saturated carbocycles. The number of rotatable bonds is 15. The average Bonchev–Trinajstić information content (AvgIpc) is 2.45. The van der Waals surface area contributed by atoms with Gasteiger partial charge in [-0.2, -0.15) is 0 Å². The minimum atomic E-state index is -0.671. The molecule has 0 spiro atoms. The van der Waals surface area contributed by atoms with Crippen LogP contribution in [0.1, 0.15) is 96.8 Å². The monoisotopic (exact) mass is 467 g/mol. The molecule has 0 aromatic heterocycles. The van der Waals surface area contributed by atoms with Gasteiger partial charge < -0.3 is 5.11 Å². The Labute approximate surface area is 161 Å². The van der Waals surface area contributed by atoms with E-state index in [1.807, 2.05) is 0 Å². The smallest absolute Gasteiger partial charge is 0.303 e. The van der Waals surface area contributed by atoms with Gasteiger partial charge in [-0.25, -0.2) is 0 Å². The van der Waals surface area contributed by atoms with E-state index >= 15 is 0 Å². The van der Waals surface area contributed by atoms with Crippen LogP contribution in [0.5, 0.6) is 0 Å². The van der Waals surface area contributed by atoms with Crippen molar-refractivity contribution in [2.75, 3.05) is 0 Å². The third-order valence-electron chi connectivity index (χ3n) is 3.73. The third kappa shape index (κ3) is 20.4. The first-order valence-corrected chi connectivity index (χ1v) is 9.52.